The lowest BCUT2D eigenvalue weighted by Crippen LogP contribution is -2.44. The van der Waals surface area contributed by atoms with Crippen molar-refractivity contribution in [2.24, 2.45) is 4.99 Å². The van der Waals surface area contributed by atoms with Crippen molar-refractivity contribution in [1.82, 2.24) is 10.6 Å². The van der Waals surface area contributed by atoms with Gasteiger partial charge in [0.15, 0.2) is 5.96 Å². The average molecular weight is 400 g/mol. The molecule has 1 atom stereocenters. The van der Waals surface area contributed by atoms with Gasteiger partial charge in [0, 0.05) is 37.4 Å². The van der Waals surface area contributed by atoms with Crippen molar-refractivity contribution in [1.29, 1.82) is 0 Å². The fourth-order valence-electron chi connectivity index (χ4n) is 3.19. The smallest absolute Gasteiger partial charge is 0.369 e. The lowest BCUT2D eigenvalue weighted by molar-refractivity contribution is -0.137. The molecule has 1 aliphatic rings. The Bertz CT molecular complexity index is 898. The molecule has 1 fully saturated rings. The number of anilines is 1. The lowest BCUT2D eigenvalue weighted by atomic mass is 10.1. The Morgan fingerprint density at radius 3 is 2.69 bits per heavy atom. The van der Waals surface area contributed by atoms with Gasteiger partial charge >= 0.3 is 6.18 Å². The number of rotatable bonds is 3. The number of aliphatic imine (C=N–C) groups is 1. The van der Waals surface area contributed by atoms with Crippen LogP contribution in [0.2, 0.25) is 0 Å². The molecule has 0 bridgehead atoms. The van der Waals surface area contributed by atoms with Crippen LogP contribution in [0.15, 0.2) is 59.6 Å². The fourth-order valence-corrected chi connectivity index (χ4v) is 3.19. The third-order valence-corrected chi connectivity index (χ3v) is 4.64. The third-order valence-electron chi connectivity index (χ3n) is 4.64. The lowest BCUT2D eigenvalue weighted by Gasteiger charge is -2.20. The van der Waals surface area contributed by atoms with Crippen LogP contribution in [0, 0.1) is 11.8 Å². The molecule has 29 heavy (non-hydrogen) atoms. The molecule has 0 saturated carbocycles. The van der Waals surface area contributed by atoms with Gasteiger partial charge in [-0.2, -0.15) is 13.2 Å². The van der Waals surface area contributed by atoms with Gasteiger partial charge in [0.2, 0.25) is 0 Å². The number of para-hydroxylation sites is 1. The highest BCUT2D eigenvalue weighted by atomic mass is 19.4. The van der Waals surface area contributed by atoms with Crippen molar-refractivity contribution in [3.8, 4) is 11.8 Å². The van der Waals surface area contributed by atoms with Crippen molar-refractivity contribution in [2.45, 2.75) is 18.6 Å². The zero-order valence-electron chi connectivity index (χ0n) is 16.1. The summed E-state index contributed by atoms with van der Waals surface area (Å²) in [6, 6.07) is 15.5. The van der Waals surface area contributed by atoms with Gasteiger partial charge < -0.3 is 15.5 Å². The fraction of sp³-hybridized carbons (Fsp3) is 0.318. The number of nitrogens with one attached hydrogen (secondary N) is 2. The topological polar surface area (TPSA) is 39.7 Å². The molecule has 2 aromatic rings. The van der Waals surface area contributed by atoms with Gasteiger partial charge in [-0.05, 0) is 36.8 Å². The van der Waals surface area contributed by atoms with E-state index < -0.39 is 11.7 Å². The quantitative estimate of drug-likeness (QED) is 0.471. The maximum Gasteiger partial charge on any atom is 0.416 e. The second-order valence-corrected chi connectivity index (χ2v) is 6.72. The van der Waals surface area contributed by atoms with Crippen LogP contribution in [-0.2, 0) is 6.18 Å². The van der Waals surface area contributed by atoms with Gasteiger partial charge in [-0.15, -0.1) is 0 Å². The van der Waals surface area contributed by atoms with Gasteiger partial charge in [0.25, 0.3) is 0 Å². The number of guanidine groups is 1. The number of nitrogens with zero attached hydrogens (tertiary/aromatic N) is 2. The molecular weight excluding hydrogens is 377 g/mol. The summed E-state index contributed by atoms with van der Waals surface area (Å²) in [5.74, 6) is 6.23. The first-order valence-corrected chi connectivity index (χ1v) is 9.39. The Kier molecular flexibility index (Phi) is 6.65. The highest BCUT2D eigenvalue weighted by Gasteiger charge is 2.30. The Balaban J connectivity index is 1.49. The van der Waals surface area contributed by atoms with Crippen LogP contribution in [0.4, 0.5) is 18.9 Å². The second-order valence-electron chi connectivity index (χ2n) is 6.72. The molecule has 0 aromatic heterocycles. The van der Waals surface area contributed by atoms with Crippen LogP contribution in [0.3, 0.4) is 0 Å². The molecule has 0 radical (unpaired) electrons. The van der Waals surface area contributed by atoms with Gasteiger partial charge in [-0.3, -0.25) is 4.99 Å². The Hall–Kier alpha value is -3.14. The standard InChI is InChI=1S/C22H23F3N4/c1-26-21(28-19-12-14-29(16-19)20-10-3-2-4-11-20)27-13-6-8-17-7-5-9-18(15-17)22(23,24)25/h2-5,7,9-11,15,19H,12-14,16H2,1H3,(H2,26,27,28). The monoisotopic (exact) mass is 400 g/mol. The van der Waals surface area contributed by atoms with E-state index in [9.17, 15) is 13.2 Å². The molecule has 7 heteroatoms. The van der Waals surface area contributed by atoms with E-state index in [1.165, 1.54) is 11.8 Å². The predicted molar refractivity (Wildman–Crippen MR) is 110 cm³/mol. The summed E-state index contributed by atoms with van der Waals surface area (Å²) in [5.41, 5.74) is 0.838. The van der Waals surface area contributed by atoms with Gasteiger partial charge in [0.1, 0.15) is 0 Å². The van der Waals surface area contributed by atoms with Crippen LogP contribution < -0.4 is 15.5 Å². The first-order chi connectivity index (χ1) is 14.0. The minimum atomic E-state index is -4.36. The van der Waals surface area contributed by atoms with Gasteiger partial charge in [-0.1, -0.05) is 36.1 Å². The minimum Gasteiger partial charge on any atom is -0.369 e. The molecule has 4 nitrogen and oxygen atoms in total. The molecule has 1 heterocycles. The van der Waals surface area contributed by atoms with E-state index in [2.05, 4.69) is 44.5 Å². The molecule has 0 aliphatic carbocycles. The predicted octanol–water partition coefficient (Wildman–Crippen LogP) is 3.50. The van der Waals surface area contributed by atoms with Crippen molar-refractivity contribution in [3.63, 3.8) is 0 Å². The van der Waals surface area contributed by atoms with E-state index in [1.54, 1.807) is 13.1 Å². The maximum absolute atomic E-state index is 12.7. The zero-order valence-corrected chi connectivity index (χ0v) is 16.1. The molecule has 0 spiro atoms. The normalized spacial score (nSPS) is 16.9. The second kappa shape index (κ2) is 9.37. The first-order valence-electron chi connectivity index (χ1n) is 9.39. The van der Waals surface area contributed by atoms with E-state index in [-0.39, 0.29) is 12.6 Å². The largest absolute Gasteiger partial charge is 0.416 e. The van der Waals surface area contributed by atoms with Crippen LogP contribution >= 0.6 is 0 Å². The molecule has 2 N–H and O–H groups in total. The number of hydrogen-bond donors (Lipinski definition) is 2. The van der Waals surface area contributed by atoms with Crippen molar-refractivity contribution >= 4 is 11.6 Å². The summed E-state index contributed by atoms with van der Waals surface area (Å²) in [4.78, 5) is 6.52. The highest BCUT2D eigenvalue weighted by Crippen LogP contribution is 2.29. The summed E-state index contributed by atoms with van der Waals surface area (Å²) in [7, 11) is 1.68. The molecule has 1 saturated heterocycles. The van der Waals surface area contributed by atoms with Crippen LogP contribution in [0.1, 0.15) is 17.5 Å². The molecule has 1 unspecified atom stereocenters. The van der Waals surface area contributed by atoms with E-state index in [1.807, 2.05) is 18.2 Å². The number of benzene rings is 2. The van der Waals surface area contributed by atoms with Crippen LogP contribution in [-0.4, -0.2) is 38.7 Å². The summed E-state index contributed by atoms with van der Waals surface area (Å²) >= 11 is 0. The van der Waals surface area contributed by atoms with E-state index in [0.29, 0.717) is 11.5 Å². The Morgan fingerprint density at radius 2 is 1.97 bits per heavy atom. The SMILES string of the molecule is CN=C(NCC#Cc1cccc(C(F)(F)F)c1)NC1CCN(c2ccccc2)C1. The molecule has 1 aliphatic heterocycles. The van der Waals surface area contributed by atoms with Crippen LogP contribution in [0.25, 0.3) is 0 Å². The van der Waals surface area contributed by atoms with Gasteiger partial charge in [-0.25, -0.2) is 0 Å². The number of halogens is 3. The summed E-state index contributed by atoms with van der Waals surface area (Å²) < 4.78 is 38.2. The zero-order chi connectivity index (χ0) is 20.7. The molecular formula is C22H23F3N4. The Morgan fingerprint density at radius 1 is 1.17 bits per heavy atom. The third kappa shape index (κ3) is 5.92. The summed E-state index contributed by atoms with van der Waals surface area (Å²) in [6.45, 7) is 2.12. The minimum absolute atomic E-state index is 0.262. The molecule has 0 amide bonds. The average Bonchev–Trinajstić information content (AvgIpc) is 3.19. The van der Waals surface area contributed by atoms with Gasteiger partial charge in [0.05, 0.1) is 12.1 Å². The number of alkyl halides is 3. The molecule has 3 rings (SSSR count). The summed E-state index contributed by atoms with van der Waals surface area (Å²) in [5, 5.41) is 6.46. The first kappa shape index (κ1) is 20.6. The summed E-state index contributed by atoms with van der Waals surface area (Å²) in [6.07, 6.45) is -3.37. The molecule has 152 valence electrons. The number of hydrogen-bond acceptors (Lipinski definition) is 2. The van der Waals surface area contributed by atoms with Crippen molar-refractivity contribution in [3.05, 3.63) is 65.7 Å². The molecule has 2 aromatic carbocycles. The van der Waals surface area contributed by atoms with Crippen molar-refractivity contribution < 1.29 is 13.2 Å². The van der Waals surface area contributed by atoms with E-state index >= 15 is 0 Å². The van der Waals surface area contributed by atoms with E-state index in [4.69, 9.17) is 0 Å². The van der Waals surface area contributed by atoms with Crippen molar-refractivity contribution in [2.75, 3.05) is 31.6 Å². The Labute approximate surface area is 168 Å². The highest BCUT2D eigenvalue weighted by molar-refractivity contribution is 5.80. The van der Waals surface area contributed by atoms with Crippen LogP contribution in [0.5, 0.6) is 0 Å². The maximum atomic E-state index is 12.7. The van der Waals surface area contributed by atoms with E-state index in [0.717, 1.165) is 31.6 Å².